The molecule has 1 aromatic heterocycles. The number of aromatic nitrogens is 1. The van der Waals surface area contributed by atoms with Crippen LogP contribution in [0.4, 0.5) is 4.39 Å². The van der Waals surface area contributed by atoms with Gasteiger partial charge in [0.2, 0.25) is 0 Å². The fourth-order valence-corrected chi connectivity index (χ4v) is 3.02. The predicted molar refractivity (Wildman–Crippen MR) is 84.8 cm³/mol. The maximum atomic E-state index is 13.3. The molecule has 1 heterocycles. The zero-order valence-corrected chi connectivity index (χ0v) is 13.4. The van der Waals surface area contributed by atoms with E-state index in [1.54, 1.807) is 12.1 Å². The van der Waals surface area contributed by atoms with Crippen molar-refractivity contribution in [3.05, 3.63) is 64.2 Å². The van der Waals surface area contributed by atoms with Gasteiger partial charge in [-0.3, -0.25) is 4.98 Å². The van der Waals surface area contributed by atoms with Gasteiger partial charge in [0.15, 0.2) is 0 Å². The topological polar surface area (TPSA) is 24.9 Å². The van der Waals surface area contributed by atoms with E-state index in [1.165, 1.54) is 17.2 Å². The summed E-state index contributed by atoms with van der Waals surface area (Å²) >= 11 is 0. The first-order valence-corrected chi connectivity index (χ1v) is 7.34. The average molecular weight is 286 g/mol. The number of pyridine rings is 1. The van der Waals surface area contributed by atoms with Crippen molar-refractivity contribution in [1.29, 1.82) is 0 Å². The van der Waals surface area contributed by atoms with Gasteiger partial charge < -0.3 is 5.32 Å². The molecule has 0 aliphatic rings. The van der Waals surface area contributed by atoms with Gasteiger partial charge >= 0.3 is 0 Å². The van der Waals surface area contributed by atoms with Crippen LogP contribution >= 0.6 is 0 Å². The van der Waals surface area contributed by atoms with Gasteiger partial charge in [-0.2, -0.15) is 0 Å². The summed E-state index contributed by atoms with van der Waals surface area (Å²) in [6.07, 6.45) is 0. The standard InChI is InChI=1S/C18H23FN2/c1-11-9-12(2)20-14(4)18(11)15(5)21-13(3)16-7-6-8-17(19)10-16/h6-10,13,15,21H,1-5H3. The van der Waals surface area contributed by atoms with Crippen LogP contribution in [0.25, 0.3) is 0 Å². The highest BCUT2D eigenvalue weighted by Crippen LogP contribution is 2.24. The second-order valence-electron chi connectivity index (χ2n) is 5.74. The van der Waals surface area contributed by atoms with E-state index in [-0.39, 0.29) is 17.9 Å². The molecule has 2 aromatic rings. The molecule has 0 aliphatic carbocycles. The lowest BCUT2D eigenvalue weighted by Gasteiger charge is -2.23. The van der Waals surface area contributed by atoms with Gasteiger partial charge in [0.25, 0.3) is 0 Å². The number of halogens is 1. The van der Waals surface area contributed by atoms with Gasteiger partial charge in [0, 0.05) is 23.5 Å². The van der Waals surface area contributed by atoms with Crippen molar-refractivity contribution in [3.63, 3.8) is 0 Å². The summed E-state index contributed by atoms with van der Waals surface area (Å²) in [6, 6.07) is 9.09. The molecule has 0 radical (unpaired) electrons. The van der Waals surface area contributed by atoms with Gasteiger partial charge in [0.1, 0.15) is 5.82 Å². The number of nitrogens with zero attached hydrogens (tertiary/aromatic N) is 1. The Bertz CT molecular complexity index is 614. The molecule has 2 nitrogen and oxygen atoms in total. The normalized spacial score (nSPS) is 14.0. The van der Waals surface area contributed by atoms with Gasteiger partial charge in [0.05, 0.1) is 0 Å². The first-order valence-electron chi connectivity index (χ1n) is 7.34. The lowest BCUT2D eigenvalue weighted by molar-refractivity contribution is 0.487. The van der Waals surface area contributed by atoms with Crippen LogP contribution in [0.2, 0.25) is 0 Å². The van der Waals surface area contributed by atoms with Crippen LogP contribution in [0.1, 0.15) is 54.0 Å². The van der Waals surface area contributed by atoms with Crippen LogP contribution < -0.4 is 5.32 Å². The molecule has 0 saturated heterocycles. The van der Waals surface area contributed by atoms with Crippen molar-refractivity contribution in [2.75, 3.05) is 0 Å². The molecule has 0 amide bonds. The van der Waals surface area contributed by atoms with E-state index in [0.29, 0.717) is 0 Å². The SMILES string of the molecule is Cc1cc(C)c(C(C)NC(C)c2cccc(F)c2)c(C)n1. The first-order chi connectivity index (χ1) is 9.88. The van der Waals surface area contributed by atoms with E-state index in [4.69, 9.17) is 0 Å². The van der Waals surface area contributed by atoms with Crippen LogP contribution in [-0.4, -0.2) is 4.98 Å². The van der Waals surface area contributed by atoms with Crippen molar-refractivity contribution in [2.45, 2.75) is 46.7 Å². The second kappa shape index (κ2) is 6.35. The van der Waals surface area contributed by atoms with Crippen LogP contribution in [-0.2, 0) is 0 Å². The minimum absolute atomic E-state index is 0.0794. The van der Waals surface area contributed by atoms with Crippen LogP contribution in [0.15, 0.2) is 30.3 Å². The Kier molecular flexibility index (Phi) is 4.73. The molecule has 0 saturated carbocycles. The van der Waals surface area contributed by atoms with Crippen LogP contribution in [0.3, 0.4) is 0 Å². The Labute approximate surface area is 126 Å². The fourth-order valence-electron chi connectivity index (χ4n) is 3.02. The molecule has 0 bridgehead atoms. The number of benzene rings is 1. The summed E-state index contributed by atoms with van der Waals surface area (Å²) in [4.78, 5) is 4.55. The van der Waals surface area contributed by atoms with Gasteiger partial charge in [-0.25, -0.2) is 4.39 Å². The Hall–Kier alpha value is -1.74. The highest BCUT2D eigenvalue weighted by atomic mass is 19.1. The van der Waals surface area contributed by atoms with E-state index in [0.717, 1.165) is 17.0 Å². The first kappa shape index (κ1) is 15.6. The van der Waals surface area contributed by atoms with Crippen molar-refractivity contribution in [2.24, 2.45) is 0 Å². The van der Waals surface area contributed by atoms with E-state index < -0.39 is 0 Å². The van der Waals surface area contributed by atoms with Gasteiger partial charge in [-0.05, 0) is 69.5 Å². The molecule has 0 fully saturated rings. The summed E-state index contributed by atoms with van der Waals surface area (Å²) in [5.41, 5.74) is 5.52. The number of rotatable bonds is 4. The van der Waals surface area contributed by atoms with E-state index in [2.05, 4.69) is 37.1 Å². The fraction of sp³-hybridized carbons (Fsp3) is 0.389. The summed E-state index contributed by atoms with van der Waals surface area (Å²) in [7, 11) is 0. The van der Waals surface area contributed by atoms with E-state index in [9.17, 15) is 4.39 Å². The molecule has 2 unspecified atom stereocenters. The van der Waals surface area contributed by atoms with Crippen LogP contribution in [0, 0.1) is 26.6 Å². The zero-order chi connectivity index (χ0) is 15.6. The minimum atomic E-state index is -0.196. The Balaban J connectivity index is 2.20. The summed E-state index contributed by atoms with van der Waals surface area (Å²) in [5.74, 6) is -0.196. The molecule has 2 rings (SSSR count). The summed E-state index contributed by atoms with van der Waals surface area (Å²) < 4.78 is 13.3. The zero-order valence-electron chi connectivity index (χ0n) is 13.4. The van der Waals surface area contributed by atoms with Crippen molar-refractivity contribution in [3.8, 4) is 0 Å². The van der Waals surface area contributed by atoms with Gasteiger partial charge in [-0.1, -0.05) is 12.1 Å². The molecular formula is C18H23FN2. The van der Waals surface area contributed by atoms with Crippen molar-refractivity contribution < 1.29 is 4.39 Å². The summed E-state index contributed by atoms with van der Waals surface area (Å²) in [5, 5.41) is 3.53. The maximum absolute atomic E-state index is 13.3. The Morgan fingerprint density at radius 3 is 2.38 bits per heavy atom. The molecule has 21 heavy (non-hydrogen) atoms. The smallest absolute Gasteiger partial charge is 0.123 e. The highest BCUT2D eigenvalue weighted by molar-refractivity contribution is 5.34. The third kappa shape index (κ3) is 3.67. The number of hydrogen-bond donors (Lipinski definition) is 1. The maximum Gasteiger partial charge on any atom is 0.123 e. The Morgan fingerprint density at radius 1 is 1.05 bits per heavy atom. The average Bonchev–Trinajstić information content (AvgIpc) is 2.37. The Morgan fingerprint density at radius 2 is 1.76 bits per heavy atom. The van der Waals surface area contributed by atoms with E-state index in [1.807, 2.05) is 19.9 Å². The lowest BCUT2D eigenvalue weighted by atomic mass is 9.98. The summed E-state index contributed by atoms with van der Waals surface area (Å²) in [6.45, 7) is 10.3. The molecule has 0 aliphatic heterocycles. The molecule has 1 aromatic carbocycles. The number of aryl methyl sites for hydroxylation is 3. The molecule has 0 spiro atoms. The van der Waals surface area contributed by atoms with E-state index >= 15 is 0 Å². The van der Waals surface area contributed by atoms with Crippen molar-refractivity contribution >= 4 is 0 Å². The highest BCUT2D eigenvalue weighted by Gasteiger charge is 2.16. The van der Waals surface area contributed by atoms with Crippen LogP contribution in [0.5, 0.6) is 0 Å². The lowest BCUT2D eigenvalue weighted by Crippen LogP contribution is -2.24. The molecular weight excluding hydrogens is 263 g/mol. The monoisotopic (exact) mass is 286 g/mol. The number of nitrogens with one attached hydrogen (secondary N) is 1. The predicted octanol–water partition coefficient (Wildman–Crippen LogP) is 4.56. The molecule has 2 atom stereocenters. The largest absolute Gasteiger partial charge is 0.304 e. The quantitative estimate of drug-likeness (QED) is 0.891. The molecule has 3 heteroatoms. The minimum Gasteiger partial charge on any atom is -0.304 e. The second-order valence-corrected chi connectivity index (χ2v) is 5.74. The van der Waals surface area contributed by atoms with Crippen molar-refractivity contribution in [1.82, 2.24) is 10.3 Å². The number of hydrogen-bond acceptors (Lipinski definition) is 2. The van der Waals surface area contributed by atoms with Gasteiger partial charge in [-0.15, -0.1) is 0 Å². The third-order valence-electron chi connectivity index (χ3n) is 3.87. The molecule has 112 valence electrons. The third-order valence-corrected chi connectivity index (χ3v) is 3.87. The molecule has 1 N–H and O–H groups in total.